The Morgan fingerprint density at radius 1 is 0.780 bits per heavy atom. The van der Waals surface area contributed by atoms with Crippen molar-refractivity contribution in [2.24, 2.45) is 0 Å². The molecule has 4 rings (SSSR count). The maximum Gasteiger partial charge on any atom is 0.446 e. The van der Waals surface area contributed by atoms with Crippen molar-refractivity contribution in [1.29, 1.82) is 0 Å². The molecular formula is C29H21Cl2F6NO2S. The van der Waals surface area contributed by atoms with Crippen LogP contribution < -0.4 is 10.1 Å². The van der Waals surface area contributed by atoms with Crippen LogP contribution in [0.25, 0.3) is 0 Å². The van der Waals surface area contributed by atoms with Gasteiger partial charge in [0.1, 0.15) is 16.5 Å². The minimum absolute atomic E-state index is 0.0838. The summed E-state index contributed by atoms with van der Waals surface area (Å²) in [7, 11) is 0. The van der Waals surface area contributed by atoms with Gasteiger partial charge in [-0.3, -0.25) is 5.32 Å². The third-order valence-corrected chi connectivity index (χ3v) is 7.45. The Labute approximate surface area is 246 Å². The van der Waals surface area contributed by atoms with E-state index in [2.05, 4.69) is 5.32 Å². The van der Waals surface area contributed by atoms with Crippen molar-refractivity contribution < 1.29 is 36.2 Å². The predicted octanol–water partition coefficient (Wildman–Crippen LogP) is 9.83. The zero-order valence-electron chi connectivity index (χ0n) is 20.8. The van der Waals surface area contributed by atoms with E-state index in [1.54, 1.807) is 48.5 Å². The Morgan fingerprint density at radius 2 is 1.41 bits per heavy atom. The highest BCUT2D eigenvalue weighted by atomic mass is 35.5. The first-order valence-electron chi connectivity index (χ1n) is 12.0. The molecule has 0 aliphatic carbocycles. The van der Waals surface area contributed by atoms with Crippen LogP contribution in [-0.4, -0.2) is 17.2 Å². The van der Waals surface area contributed by atoms with Crippen LogP contribution in [0, 0.1) is 0 Å². The summed E-state index contributed by atoms with van der Waals surface area (Å²) in [5.74, 6) is 0.584. The first kappa shape index (κ1) is 31.1. The number of thioether (sulfide) groups is 1. The topological polar surface area (TPSA) is 41.5 Å². The van der Waals surface area contributed by atoms with Crippen LogP contribution in [0.2, 0.25) is 10.0 Å². The first-order valence-corrected chi connectivity index (χ1v) is 13.5. The van der Waals surface area contributed by atoms with Crippen LogP contribution in [-0.2, 0) is 6.18 Å². The highest BCUT2D eigenvalue weighted by molar-refractivity contribution is 8.00. The van der Waals surface area contributed by atoms with Gasteiger partial charge in [-0.25, -0.2) is 0 Å². The molecule has 0 radical (unpaired) electrons. The molecule has 0 saturated carbocycles. The number of hydrogen-bond acceptors (Lipinski definition) is 4. The number of rotatable bonds is 9. The summed E-state index contributed by atoms with van der Waals surface area (Å²) in [6, 6.07) is 19.7. The van der Waals surface area contributed by atoms with Gasteiger partial charge in [0.25, 0.3) is 0 Å². The molecule has 216 valence electrons. The molecule has 2 atom stereocenters. The lowest BCUT2D eigenvalue weighted by Gasteiger charge is -2.27. The molecule has 3 nitrogen and oxygen atoms in total. The monoisotopic (exact) mass is 631 g/mol. The molecule has 0 spiro atoms. The lowest BCUT2D eigenvalue weighted by molar-refractivity contribution is -0.137. The third-order valence-electron chi connectivity index (χ3n) is 5.93. The lowest BCUT2D eigenvalue weighted by atomic mass is 9.95. The van der Waals surface area contributed by atoms with Crippen molar-refractivity contribution in [3.05, 3.63) is 123 Å². The maximum absolute atomic E-state index is 13.4. The molecule has 0 aliphatic heterocycles. The Bertz CT molecular complexity index is 1500. The Morgan fingerprint density at radius 3 is 2.10 bits per heavy atom. The highest BCUT2D eigenvalue weighted by Crippen LogP contribution is 2.40. The summed E-state index contributed by atoms with van der Waals surface area (Å²) in [6.45, 7) is -0.594. The van der Waals surface area contributed by atoms with E-state index in [4.69, 9.17) is 27.9 Å². The van der Waals surface area contributed by atoms with Gasteiger partial charge in [-0.15, -0.1) is 0 Å². The number of alkyl halides is 6. The van der Waals surface area contributed by atoms with Crippen molar-refractivity contribution in [2.75, 3.05) is 6.61 Å². The van der Waals surface area contributed by atoms with Crippen LogP contribution in [0.4, 0.5) is 26.3 Å². The molecule has 41 heavy (non-hydrogen) atoms. The largest absolute Gasteiger partial charge is 0.456 e. The molecule has 0 saturated heterocycles. The van der Waals surface area contributed by atoms with Gasteiger partial charge in [0.2, 0.25) is 0 Å². The first-order chi connectivity index (χ1) is 19.3. The Balaban J connectivity index is 1.75. The maximum atomic E-state index is 13.4. The fourth-order valence-corrected chi connectivity index (χ4v) is 5.05. The van der Waals surface area contributed by atoms with Crippen LogP contribution in [0.15, 0.2) is 95.9 Å². The quantitative estimate of drug-likeness (QED) is 0.142. The molecule has 4 aromatic carbocycles. The van der Waals surface area contributed by atoms with Gasteiger partial charge in [0, 0.05) is 4.90 Å². The lowest BCUT2D eigenvalue weighted by Crippen LogP contribution is -2.30. The van der Waals surface area contributed by atoms with Gasteiger partial charge in [0.15, 0.2) is 0 Å². The molecule has 0 fully saturated rings. The highest BCUT2D eigenvalue weighted by Gasteiger charge is 2.32. The number of aliphatic hydroxyl groups is 1. The van der Waals surface area contributed by atoms with Crippen molar-refractivity contribution in [3.8, 4) is 11.5 Å². The van der Waals surface area contributed by atoms with E-state index in [0.29, 0.717) is 16.9 Å². The zero-order valence-corrected chi connectivity index (χ0v) is 23.1. The van der Waals surface area contributed by atoms with Crippen molar-refractivity contribution in [2.45, 2.75) is 28.7 Å². The van der Waals surface area contributed by atoms with Crippen LogP contribution in [0.3, 0.4) is 0 Å². The summed E-state index contributed by atoms with van der Waals surface area (Å²) < 4.78 is 85.4. The summed E-state index contributed by atoms with van der Waals surface area (Å²) in [6.07, 6.45) is -4.61. The average Bonchev–Trinajstić information content (AvgIpc) is 2.91. The van der Waals surface area contributed by atoms with Crippen LogP contribution >= 0.6 is 35.0 Å². The summed E-state index contributed by atoms with van der Waals surface area (Å²) in [4.78, 5) is -0.0838. The van der Waals surface area contributed by atoms with E-state index in [-0.39, 0.29) is 38.0 Å². The molecule has 0 aliphatic rings. The SMILES string of the molecule is OCC(NC(c1cccc(Oc2cccc(Cl)c2Cl)c1)c1cccc(SC(F)(F)F)c1)c1cccc(C(F)(F)F)c1. The summed E-state index contributed by atoms with van der Waals surface area (Å²) >= 11 is 12.0. The normalized spacial score (nSPS) is 13.6. The molecular weight excluding hydrogens is 611 g/mol. The second-order valence-electron chi connectivity index (χ2n) is 8.80. The second-order valence-corrected chi connectivity index (χ2v) is 10.7. The minimum atomic E-state index is -4.61. The molecule has 2 N–H and O–H groups in total. The number of halogens is 8. The van der Waals surface area contributed by atoms with Gasteiger partial charge in [-0.2, -0.15) is 26.3 Å². The molecule has 0 amide bonds. The van der Waals surface area contributed by atoms with Crippen LogP contribution in [0.5, 0.6) is 11.5 Å². The minimum Gasteiger partial charge on any atom is -0.456 e. The van der Waals surface area contributed by atoms with E-state index in [9.17, 15) is 31.4 Å². The Kier molecular flexibility index (Phi) is 9.81. The second kappa shape index (κ2) is 13.0. The van der Waals surface area contributed by atoms with Gasteiger partial charge in [-0.1, -0.05) is 65.7 Å². The molecule has 0 aromatic heterocycles. The molecule has 4 aromatic rings. The smallest absolute Gasteiger partial charge is 0.446 e. The molecule has 2 unspecified atom stereocenters. The van der Waals surface area contributed by atoms with Crippen LogP contribution in [0.1, 0.15) is 34.3 Å². The zero-order chi connectivity index (χ0) is 29.8. The molecule has 0 bridgehead atoms. The summed E-state index contributed by atoms with van der Waals surface area (Å²) in [5.41, 5.74) is -4.41. The number of hydrogen-bond donors (Lipinski definition) is 2. The number of ether oxygens (including phenoxy) is 1. The van der Waals surface area contributed by atoms with E-state index in [1.165, 1.54) is 30.3 Å². The van der Waals surface area contributed by atoms with E-state index in [0.717, 1.165) is 12.1 Å². The fraction of sp³-hybridized carbons (Fsp3) is 0.172. The van der Waals surface area contributed by atoms with Gasteiger partial charge in [-0.05, 0) is 77.0 Å². The third kappa shape index (κ3) is 8.33. The van der Waals surface area contributed by atoms with Crippen molar-refractivity contribution in [1.82, 2.24) is 5.32 Å². The molecule has 12 heteroatoms. The number of benzene rings is 4. The van der Waals surface area contributed by atoms with Gasteiger partial charge >= 0.3 is 11.7 Å². The standard InChI is InChI=1S/C29H21Cl2F6NO2S/c30-23-11-4-12-25(26(23)31)40-21-9-2-6-18(14-21)27(19-7-3-10-22(15-19)41-29(35,36)37)38-24(16-39)17-5-1-8-20(13-17)28(32,33)34/h1-15,24,27,38-39H,16H2. The number of nitrogens with one attached hydrogen (secondary N) is 1. The molecule has 0 heterocycles. The number of aliphatic hydroxyl groups excluding tert-OH is 1. The van der Waals surface area contributed by atoms with Gasteiger partial charge < -0.3 is 9.84 Å². The van der Waals surface area contributed by atoms with E-state index < -0.39 is 35.9 Å². The van der Waals surface area contributed by atoms with E-state index >= 15 is 0 Å². The summed E-state index contributed by atoms with van der Waals surface area (Å²) in [5, 5.41) is 13.7. The Hall–Kier alpha value is -2.89. The van der Waals surface area contributed by atoms with E-state index in [1.807, 2.05) is 0 Å². The fourth-order valence-electron chi connectivity index (χ4n) is 4.11. The predicted molar refractivity (Wildman–Crippen MR) is 148 cm³/mol. The van der Waals surface area contributed by atoms with Gasteiger partial charge in [0.05, 0.1) is 29.3 Å². The average molecular weight is 632 g/mol. The van der Waals surface area contributed by atoms with Crippen molar-refractivity contribution >= 4 is 35.0 Å². The van der Waals surface area contributed by atoms with Crippen molar-refractivity contribution in [3.63, 3.8) is 0 Å².